The summed E-state index contributed by atoms with van der Waals surface area (Å²) in [6.07, 6.45) is 0. The molecule has 0 N–H and O–H groups in total. The molecule has 0 fully saturated rings. The normalized spacial score (nSPS) is 11.2. The molecule has 3 rings (SSSR count). The Morgan fingerprint density at radius 1 is 1.20 bits per heavy atom. The summed E-state index contributed by atoms with van der Waals surface area (Å²) in [6.45, 7) is 1.73. The summed E-state index contributed by atoms with van der Waals surface area (Å²) in [5.41, 5.74) is 3.09. The molecule has 2 nitrogen and oxygen atoms in total. The van der Waals surface area contributed by atoms with Crippen LogP contribution >= 0.6 is 23.2 Å². The molecule has 0 saturated carbocycles. The Morgan fingerprint density at radius 3 is 2.70 bits per heavy atom. The highest BCUT2D eigenvalue weighted by Crippen LogP contribution is 2.26. The lowest BCUT2D eigenvalue weighted by Crippen LogP contribution is -2.00. The van der Waals surface area contributed by atoms with Gasteiger partial charge in [0.15, 0.2) is 0 Å². The van der Waals surface area contributed by atoms with Crippen molar-refractivity contribution in [3.63, 3.8) is 0 Å². The first-order chi connectivity index (χ1) is 9.60. The van der Waals surface area contributed by atoms with Crippen molar-refractivity contribution < 1.29 is 4.39 Å². The standard InChI is InChI=1S/C15H11Cl2FN2/c1-9-6-11(3-4-12(9)18)20-14-5-2-10(17)7-13(14)19-15(20)8-16/h2-7H,8H2,1H3. The van der Waals surface area contributed by atoms with E-state index in [1.165, 1.54) is 6.07 Å². The zero-order valence-electron chi connectivity index (χ0n) is 10.7. The smallest absolute Gasteiger partial charge is 0.129 e. The summed E-state index contributed by atoms with van der Waals surface area (Å²) >= 11 is 12.0. The first kappa shape index (κ1) is 13.4. The molecule has 1 aromatic heterocycles. The van der Waals surface area contributed by atoms with Crippen LogP contribution in [0.2, 0.25) is 5.02 Å². The highest BCUT2D eigenvalue weighted by atomic mass is 35.5. The third-order valence-electron chi connectivity index (χ3n) is 3.21. The molecule has 102 valence electrons. The van der Waals surface area contributed by atoms with Crippen LogP contribution in [0.25, 0.3) is 16.7 Å². The second-order valence-electron chi connectivity index (χ2n) is 4.56. The Morgan fingerprint density at radius 2 is 2.00 bits per heavy atom. The molecular formula is C15H11Cl2FN2. The Kier molecular flexibility index (Phi) is 3.40. The number of aromatic nitrogens is 2. The molecule has 0 saturated heterocycles. The van der Waals surface area contributed by atoms with E-state index in [0.29, 0.717) is 16.4 Å². The Hall–Kier alpha value is -1.58. The topological polar surface area (TPSA) is 17.8 Å². The lowest BCUT2D eigenvalue weighted by Gasteiger charge is -2.09. The first-order valence-corrected chi connectivity index (χ1v) is 7.01. The fraction of sp³-hybridized carbons (Fsp3) is 0.133. The summed E-state index contributed by atoms with van der Waals surface area (Å²) in [6, 6.07) is 10.4. The minimum Gasteiger partial charge on any atom is -0.295 e. The molecule has 0 aliphatic carbocycles. The van der Waals surface area contributed by atoms with Crippen molar-refractivity contribution in [3.05, 3.63) is 58.6 Å². The number of nitrogens with zero attached hydrogens (tertiary/aromatic N) is 2. The molecular weight excluding hydrogens is 298 g/mol. The van der Waals surface area contributed by atoms with Gasteiger partial charge in [-0.1, -0.05) is 11.6 Å². The summed E-state index contributed by atoms with van der Waals surface area (Å²) in [5, 5.41) is 0.624. The maximum atomic E-state index is 13.4. The SMILES string of the molecule is Cc1cc(-n2c(CCl)nc3cc(Cl)ccc32)ccc1F. The lowest BCUT2D eigenvalue weighted by molar-refractivity contribution is 0.618. The zero-order chi connectivity index (χ0) is 14.3. The molecule has 0 atom stereocenters. The summed E-state index contributed by atoms with van der Waals surface area (Å²) in [7, 11) is 0. The van der Waals surface area contributed by atoms with E-state index in [2.05, 4.69) is 4.98 Å². The van der Waals surface area contributed by atoms with E-state index >= 15 is 0 Å². The van der Waals surface area contributed by atoms with Crippen LogP contribution in [0.5, 0.6) is 0 Å². The van der Waals surface area contributed by atoms with Gasteiger partial charge in [-0.05, 0) is 48.9 Å². The molecule has 0 spiro atoms. The second kappa shape index (κ2) is 5.08. The van der Waals surface area contributed by atoms with Crippen molar-refractivity contribution in [2.75, 3.05) is 0 Å². The van der Waals surface area contributed by atoms with Crippen LogP contribution in [0.1, 0.15) is 11.4 Å². The number of benzene rings is 2. The molecule has 5 heteroatoms. The van der Waals surface area contributed by atoms with Crippen LogP contribution in [-0.2, 0) is 5.88 Å². The van der Waals surface area contributed by atoms with E-state index in [4.69, 9.17) is 23.2 Å². The number of imidazole rings is 1. The summed E-state index contributed by atoms with van der Waals surface area (Å²) in [4.78, 5) is 4.47. The van der Waals surface area contributed by atoms with E-state index in [9.17, 15) is 4.39 Å². The lowest BCUT2D eigenvalue weighted by atomic mass is 10.2. The van der Waals surface area contributed by atoms with Gasteiger partial charge in [-0.3, -0.25) is 4.57 Å². The molecule has 1 heterocycles. The van der Waals surface area contributed by atoms with Gasteiger partial charge in [0.2, 0.25) is 0 Å². The summed E-state index contributed by atoms with van der Waals surface area (Å²) in [5.74, 6) is 0.742. The predicted molar refractivity (Wildman–Crippen MR) is 80.3 cm³/mol. The van der Waals surface area contributed by atoms with Crippen molar-refractivity contribution in [1.82, 2.24) is 9.55 Å². The van der Waals surface area contributed by atoms with Gasteiger partial charge < -0.3 is 0 Å². The molecule has 0 amide bonds. The van der Waals surface area contributed by atoms with Crippen LogP contribution in [0.4, 0.5) is 4.39 Å². The minimum atomic E-state index is -0.228. The largest absolute Gasteiger partial charge is 0.295 e. The number of halogens is 3. The van der Waals surface area contributed by atoms with Crippen molar-refractivity contribution >= 4 is 34.2 Å². The van der Waals surface area contributed by atoms with Gasteiger partial charge in [0.1, 0.15) is 11.6 Å². The highest BCUT2D eigenvalue weighted by Gasteiger charge is 2.12. The fourth-order valence-corrected chi connectivity index (χ4v) is 2.59. The van der Waals surface area contributed by atoms with E-state index in [1.54, 1.807) is 31.2 Å². The first-order valence-electron chi connectivity index (χ1n) is 6.09. The Bertz CT molecular complexity index is 796. The maximum Gasteiger partial charge on any atom is 0.129 e. The number of hydrogen-bond acceptors (Lipinski definition) is 1. The van der Waals surface area contributed by atoms with Crippen LogP contribution in [0.15, 0.2) is 36.4 Å². The van der Waals surface area contributed by atoms with Gasteiger partial charge >= 0.3 is 0 Å². The molecule has 0 bridgehead atoms. The minimum absolute atomic E-state index is 0.228. The molecule has 0 radical (unpaired) electrons. The third-order valence-corrected chi connectivity index (χ3v) is 3.68. The Labute approximate surface area is 125 Å². The van der Waals surface area contributed by atoms with Crippen LogP contribution in [-0.4, -0.2) is 9.55 Å². The average Bonchev–Trinajstić information content (AvgIpc) is 2.79. The van der Waals surface area contributed by atoms with Gasteiger partial charge in [0.05, 0.1) is 16.9 Å². The predicted octanol–water partition coefficient (Wildman–Crippen LogP) is 4.87. The Balaban J connectivity index is 2.30. The van der Waals surface area contributed by atoms with E-state index in [0.717, 1.165) is 16.7 Å². The molecule has 0 aliphatic rings. The monoisotopic (exact) mass is 308 g/mol. The van der Waals surface area contributed by atoms with Crippen LogP contribution in [0.3, 0.4) is 0 Å². The fourth-order valence-electron chi connectivity index (χ4n) is 2.25. The van der Waals surface area contributed by atoms with Crippen molar-refractivity contribution in [2.45, 2.75) is 12.8 Å². The average molecular weight is 309 g/mol. The number of alkyl halides is 1. The zero-order valence-corrected chi connectivity index (χ0v) is 12.2. The number of fused-ring (bicyclic) bond motifs is 1. The van der Waals surface area contributed by atoms with Gasteiger partial charge in [-0.25, -0.2) is 9.37 Å². The third kappa shape index (κ3) is 2.17. The molecule has 0 unspecified atom stereocenters. The summed E-state index contributed by atoms with van der Waals surface area (Å²) < 4.78 is 15.3. The van der Waals surface area contributed by atoms with Gasteiger partial charge in [-0.2, -0.15) is 0 Å². The van der Waals surface area contributed by atoms with Crippen LogP contribution < -0.4 is 0 Å². The van der Waals surface area contributed by atoms with Crippen molar-refractivity contribution in [3.8, 4) is 5.69 Å². The molecule has 3 aromatic rings. The van der Waals surface area contributed by atoms with Gasteiger partial charge in [0, 0.05) is 10.7 Å². The second-order valence-corrected chi connectivity index (χ2v) is 5.27. The quantitative estimate of drug-likeness (QED) is 0.618. The number of aryl methyl sites for hydroxylation is 1. The van der Waals surface area contributed by atoms with Crippen LogP contribution in [0, 0.1) is 12.7 Å². The van der Waals surface area contributed by atoms with E-state index in [1.807, 2.05) is 10.6 Å². The van der Waals surface area contributed by atoms with Crippen molar-refractivity contribution in [2.24, 2.45) is 0 Å². The van der Waals surface area contributed by atoms with E-state index < -0.39 is 0 Å². The molecule has 0 aliphatic heterocycles. The van der Waals surface area contributed by atoms with Gasteiger partial charge in [0.25, 0.3) is 0 Å². The number of rotatable bonds is 2. The van der Waals surface area contributed by atoms with Crippen molar-refractivity contribution in [1.29, 1.82) is 0 Å². The molecule has 20 heavy (non-hydrogen) atoms. The highest BCUT2D eigenvalue weighted by molar-refractivity contribution is 6.31. The maximum absolute atomic E-state index is 13.4. The van der Waals surface area contributed by atoms with E-state index in [-0.39, 0.29) is 11.7 Å². The number of hydrogen-bond donors (Lipinski definition) is 0. The van der Waals surface area contributed by atoms with Gasteiger partial charge in [-0.15, -0.1) is 11.6 Å². The molecule has 2 aromatic carbocycles.